The first-order chi connectivity index (χ1) is 9.06. The number of primary amides is 1. The summed E-state index contributed by atoms with van der Waals surface area (Å²) in [5.41, 5.74) is 6.76. The highest BCUT2D eigenvalue weighted by Crippen LogP contribution is 2.46. The van der Waals surface area contributed by atoms with E-state index >= 15 is 0 Å². The van der Waals surface area contributed by atoms with Gasteiger partial charge in [-0.1, -0.05) is 0 Å². The van der Waals surface area contributed by atoms with Crippen molar-refractivity contribution < 1.29 is 9.18 Å². The molecule has 0 spiro atoms. The highest BCUT2D eigenvalue weighted by atomic mass is 19.1. The van der Waals surface area contributed by atoms with E-state index in [0.717, 1.165) is 5.69 Å². The quantitative estimate of drug-likeness (QED) is 0.857. The summed E-state index contributed by atoms with van der Waals surface area (Å²) in [6.07, 6.45) is 5.02. The fourth-order valence-electron chi connectivity index (χ4n) is 2.68. The zero-order valence-electron chi connectivity index (χ0n) is 11.1. The van der Waals surface area contributed by atoms with Crippen LogP contribution in [0.25, 0.3) is 0 Å². The molecule has 0 heterocycles. The summed E-state index contributed by atoms with van der Waals surface area (Å²) in [5, 5.41) is 3.46. The van der Waals surface area contributed by atoms with Gasteiger partial charge in [0.05, 0.1) is 0 Å². The largest absolute Gasteiger partial charge is 0.381 e. The molecule has 2 aliphatic carbocycles. The molecule has 0 aliphatic heterocycles. The van der Waals surface area contributed by atoms with Crippen LogP contribution in [-0.4, -0.2) is 11.9 Å². The van der Waals surface area contributed by atoms with Gasteiger partial charge in [-0.3, -0.25) is 4.79 Å². The number of anilines is 1. The van der Waals surface area contributed by atoms with E-state index in [1.807, 2.05) is 0 Å². The van der Waals surface area contributed by atoms with Gasteiger partial charge in [-0.25, -0.2) is 4.39 Å². The minimum absolute atomic E-state index is 0.232. The first-order valence-corrected chi connectivity index (χ1v) is 6.92. The molecule has 1 aromatic rings. The van der Waals surface area contributed by atoms with Crippen molar-refractivity contribution in [3.8, 4) is 0 Å². The average molecular weight is 262 g/mol. The lowest BCUT2D eigenvalue weighted by Gasteiger charge is -2.21. The van der Waals surface area contributed by atoms with E-state index in [2.05, 4.69) is 5.32 Å². The van der Waals surface area contributed by atoms with Gasteiger partial charge in [0.2, 0.25) is 5.91 Å². The second kappa shape index (κ2) is 4.51. The molecular formula is C15H19FN2O. The Morgan fingerprint density at radius 2 is 1.89 bits per heavy atom. The molecule has 3 N–H and O–H groups in total. The SMILES string of the molecule is Cc1c(F)cc(C(N)=O)cc1NC(C1CC1)C1CC1. The lowest BCUT2D eigenvalue weighted by atomic mass is 10.0. The van der Waals surface area contributed by atoms with Gasteiger partial charge in [-0.2, -0.15) is 0 Å². The minimum atomic E-state index is -0.587. The summed E-state index contributed by atoms with van der Waals surface area (Å²) < 4.78 is 13.8. The number of nitrogens with one attached hydrogen (secondary N) is 1. The molecule has 0 aromatic heterocycles. The van der Waals surface area contributed by atoms with Crippen LogP contribution in [0, 0.1) is 24.6 Å². The Hall–Kier alpha value is -1.58. The van der Waals surface area contributed by atoms with Crippen molar-refractivity contribution in [1.29, 1.82) is 0 Å². The molecule has 0 radical (unpaired) electrons. The molecular weight excluding hydrogens is 243 g/mol. The highest BCUT2D eigenvalue weighted by molar-refractivity contribution is 5.94. The number of amides is 1. The zero-order chi connectivity index (χ0) is 13.6. The van der Waals surface area contributed by atoms with Crippen LogP contribution in [0.2, 0.25) is 0 Å². The van der Waals surface area contributed by atoms with Crippen LogP contribution >= 0.6 is 0 Å². The predicted octanol–water partition coefficient (Wildman–Crippen LogP) is 2.83. The third kappa shape index (κ3) is 2.57. The second-order valence-corrected chi connectivity index (χ2v) is 5.84. The summed E-state index contributed by atoms with van der Waals surface area (Å²) in [5.74, 6) is 0.472. The number of halogens is 1. The summed E-state index contributed by atoms with van der Waals surface area (Å²) in [6, 6.07) is 3.33. The van der Waals surface area contributed by atoms with Gasteiger partial charge in [0.25, 0.3) is 0 Å². The maximum absolute atomic E-state index is 13.8. The molecule has 4 heteroatoms. The summed E-state index contributed by atoms with van der Waals surface area (Å²) >= 11 is 0. The number of rotatable bonds is 5. The van der Waals surface area contributed by atoms with Crippen LogP contribution in [0.4, 0.5) is 10.1 Å². The molecule has 1 amide bonds. The molecule has 1 aromatic carbocycles. The molecule has 0 atom stereocenters. The van der Waals surface area contributed by atoms with Crippen LogP contribution < -0.4 is 11.1 Å². The standard InChI is InChI=1S/C15H19FN2O/c1-8-12(16)6-11(15(17)19)7-13(8)18-14(9-2-3-9)10-4-5-10/h6-7,9-10,14,18H,2-5H2,1H3,(H2,17,19). The highest BCUT2D eigenvalue weighted by Gasteiger charge is 2.41. The van der Waals surface area contributed by atoms with Gasteiger partial charge in [0.15, 0.2) is 0 Å². The van der Waals surface area contributed by atoms with Gasteiger partial charge >= 0.3 is 0 Å². The molecule has 2 aliphatic rings. The Balaban J connectivity index is 1.87. The van der Waals surface area contributed by atoms with Gasteiger partial charge in [0.1, 0.15) is 5.82 Å². The van der Waals surface area contributed by atoms with Crippen LogP contribution in [0.3, 0.4) is 0 Å². The van der Waals surface area contributed by atoms with Crippen molar-refractivity contribution in [2.75, 3.05) is 5.32 Å². The molecule has 2 fully saturated rings. The smallest absolute Gasteiger partial charge is 0.248 e. The maximum Gasteiger partial charge on any atom is 0.248 e. The van der Waals surface area contributed by atoms with Gasteiger partial charge in [0, 0.05) is 22.9 Å². The van der Waals surface area contributed by atoms with Gasteiger partial charge in [-0.15, -0.1) is 0 Å². The average Bonchev–Trinajstić information content (AvgIpc) is 3.24. The van der Waals surface area contributed by atoms with Crippen molar-refractivity contribution in [3.63, 3.8) is 0 Å². The van der Waals surface area contributed by atoms with Crippen LogP contribution in [0.15, 0.2) is 12.1 Å². The van der Waals surface area contributed by atoms with E-state index in [0.29, 0.717) is 23.4 Å². The summed E-state index contributed by atoms with van der Waals surface area (Å²) in [6.45, 7) is 1.74. The Bertz CT molecular complexity index is 509. The molecule has 0 bridgehead atoms. The first kappa shape index (κ1) is 12.5. The molecule has 0 unspecified atom stereocenters. The number of nitrogens with two attached hydrogens (primary N) is 1. The number of hydrogen-bond donors (Lipinski definition) is 2. The third-order valence-electron chi connectivity index (χ3n) is 4.21. The third-order valence-corrected chi connectivity index (χ3v) is 4.21. The number of benzene rings is 1. The van der Waals surface area contributed by atoms with Crippen molar-refractivity contribution in [2.45, 2.75) is 38.6 Å². The number of hydrogen-bond acceptors (Lipinski definition) is 2. The number of carbonyl (C=O) groups is 1. The number of carbonyl (C=O) groups excluding carboxylic acids is 1. The molecule has 0 saturated heterocycles. The summed E-state index contributed by atoms with van der Waals surface area (Å²) in [7, 11) is 0. The lowest BCUT2D eigenvalue weighted by molar-refractivity contribution is 0.1000. The maximum atomic E-state index is 13.8. The molecule has 19 heavy (non-hydrogen) atoms. The van der Waals surface area contributed by atoms with Gasteiger partial charge < -0.3 is 11.1 Å². The molecule has 3 rings (SSSR count). The minimum Gasteiger partial charge on any atom is -0.381 e. The molecule has 102 valence electrons. The van der Waals surface area contributed by atoms with Crippen LogP contribution in [-0.2, 0) is 0 Å². The fourth-order valence-corrected chi connectivity index (χ4v) is 2.68. The van der Waals surface area contributed by atoms with E-state index in [4.69, 9.17) is 5.73 Å². The van der Waals surface area contributed by atoms with E-state index in [1.54, 1.807) is 13.0 Å². The fraction of sp³-hybridized carbons (Fsp3) is 0.533. The lowest BCUT2D eigenvalue weighted by Crippen LogP contribution is -2.25. The Kier molecular flexibility index (Phi) is 2.96. The molecule has 2 saturated carbocycles. The van der Waals surface area contributed by atoms with E-state index in [-0.39, 0.29) is 11.4 Å². The van der Waals surface area contributed by atoms with E-state index < -0.39 is 5.91 Å². The van der Waals surface area contributed by atoms with Gasteiger partial charge in [-0.05, 0) is 56.6 Å². The van der Waals surface area contributed by atoms with Crippen molar-refractivity contribution in [1.82, 2.24) is 0 Å². The monoisotopic (exact) mass is 262 g/mol. The van der Waals surface area contributed by atoms with Crippen molar-refractivity contribution in [2.24, 2.45) is 17.6 Å². The summed E-state index contributed by atoms with van der Waals surface area (Å²) in [4.78, 5) is 11.2. The van der Waals surface area contributed by atoms with Crippen LogP contribution in [0.1, 0.15) is 41.6 Å². The topological polar surface area (TPSA) is 55.1 Å². The van der Waals surface area contributed by atoms with E-state index in [1.165, 1.54) is 31.7 Å². The molecule has 3 nitrogen and oxygen atoms in total. The second-order valence-electron chi connectivity index (χ2n) is 5.84. The van der Waals surface area contributed by atoms with Crippen LogP contribution in [0.5, 0.6) is 0 Å². The van der Waals surface area contributed by atoms with Crippen molar-refractivity contribution in [3.05, 3.63) is 29.1 Å². The van der Waals surface area contributed by atoms with E-state index in [9.17, 15) is 9.18 Å². The zero-order valence-corrected chi connectivity index (χ0v) is 11.1. The Morgan fingerprint density at radius 1 is 1.32 bits per heavy atom. The first-order valence-electron chi connectivity index (χ1n) is 6.92. The van der Waals surface area contributed by atoms with Crippen molar-refractivity contribution >= 4 is 11.6 Å². The predicted molar refractivity (Wildman–Crippen MR) is 72.5 cm³/mol. The Labute approximate surface area is 112 Å². The Morgan fingerprint density at radius 3 is 2.37 bits per heavy atom. The normalized spacial score (nSPS) is 18.7.